The van der Waals surface area contributed by atoms with Crippen LogP contribution in [0.5, 0.6) is 0 Å². The van der Waals surface area contributed by atoms with Gasteiger partial charge in [0.15, 0.2) is 0 Å². The van der Waals surface area contributed by atoms with Gasteiger partial charge in [-0.2, -0.15) is 0 Å². The Kier molecular flexibility index (Phi) is 4.58. The Morgan fingerprint density at radius 1 is 0.842 bits per heavy atom. The minimum absolute atomic E-state index is 0.00493. The molecule has 0 aliphatic heterocycles. The van der Waals surface area contributed by atoms with E-state index in [4.69, 9.17) is 11.6 Å². The fourth-order valence-corrected chi connectivity index (χ4v) is 2.99. The smallest absolute Gasteiger partial charge is 0.137 e. The summed E-state index contributed by atoms with van der Waals surface area (Å²) in [5.41, 5.74) is 0.457. The van der Waals surface area contributed by atoms with Crippen LogP contribution in [0.15, 0.2) is 39.3 Å². The van der Waals surface area contributed by atoms with Gasteiger partial charge in [-0.15, -0.1) is 11.6 Å². The number of alkyl halides is 1. The molecule has 19 heavy (non-hydrogen) atoms. The largest absolute Gasteiger partial charge is 0.207 e. The predicted molar refractivity (Wildman–Crippen MR) is 75.9 cm³/mol. The van der Waals surface area contributed by atoms with E-state index in [-0.39, 0.29) is 10.0 Å². The lowest BCUT2D eigenvalue weighted by atomic mass is 10.0. The molecule has 2 aromatic rings. The zero-order chi connectivity index (χ0) is 14.2. The maximum Gasteiger partial charge on any atom is 0.137 e. The van der Waals surface area contributed by atoms with Gasteiger partial charge < -0.3 is 0 Å². The molecular weight excluding hydrogens is 408 g/mol. The molecule has 0 amide bonds. The van der Waals surface area contributed by atoms with E-state index in [1.165, 1.54) is 18.2 Å². The van der Waals surface area contributed by atoms with Crippen molar-refractivity contribution in [3.63, 3.8) is 0 Å². The van der Waals surface area contributed by atoms with Crippen molar-refractivity contribution in [3.05, 3.63) is 67.9 Å². The van der Waals surface area contributed by atoms with Gasteiger partial charge in [-0.1, -0.05) is 22.0 Å². The maximum absolute atomic E-state index is 13.8. The number of benzene rings is 2. The second-order valence-electron chi connectivity index (χ2n) is 3.82. The van der Waals surface area contributed by atoms with Crippen LogP contribution in [0.4, 0.5) is 13.2 Å². The Labute approximate surface area is 129 Å². The molecule has 100 valence electrons. The molecule has 2 aromatic carbocycles. The average molecular weight is 414 g/mol. The molecule has 0 aliphatic carbocycles. The second kappa shape index (κ2) is 5.85. The molecule has 0 heterocycles. The summed E-state index contributed by atoms with van der Waals surface area (Å²) in [6, 6.07) is 5.89. The van der Waals surface area contributed by atoms with E-state index in [2.05, 4.69) is 31.9 Å². The highest BCUT2D eigenvalue weighted by atomic mass is 79.9. The zero-order valence-electron chi connectivity index (χ0n) is 9.23. The summed E-state index contributed by atoms with van der Waals surface area (Å²) >= 11 is 12.2. The number of hydrogen-bond acceptors (Lipinski definition) is 0. The highest BCUT2D eigenvalue weighted by Crippen LogP contribution is 2.36. The minimum atomic E-state index is -0.919. The highest BCUT2D eigenvalue weighted by Gasteiger charge is 2.20. The lowest BCUT2D eigenvalue weighted by Crippen LogP contribution is -2.00. The fraction of sp³-hybridized carbons (Fsp3) is 0.0769. The molecule has 0 N–H and O–H groups in total. The summed E-state index contributed by atoms with van der Waals surface area (Å²) in [5, 5.41) is -0.919. The Hall–Kier alpha value is -0.520. The molecular formula is C13H6Br2ClF3. The van der Waals surface area contributed by atoms with Crippen LogP contribution in [0.25, 0.3) is 0 Å². The van der Waals surface area contributed by atoms with Crippen molar-refractivity contribution in [2.45, 2.75) is 5.38 Å². The molecule has 0 aliphatic rings. The Morgan fingerprint density at radius 2 is 1.53 bits per heavy atom. The topological polar surface area (TPSA) is 0 Å². The third-order valence-corrected chi connectivity index (χ3v) is 4.31. The van der Waals surface area contributed by atoms with E-state index in [1.807, 2.05) is 0 Å². The Morgan fingerprint density at radius 3 is 2.16 bits per heavy atom. The second-order valence-corrected chi connectivity index (χ2v) is 5.96. The van der Waals surface area contributed by atoms with Crippen LogP contribution in [0.1, 0.15) is 16.5 Å². The highest BCUT2D eigenvalue weighted by molar-refractivity contribution is 9.10. The summed E-state index contributed by atoms with van der Waals surface area (Å²) in [6.45, 7) is 0. The molecule has 0 nitrogen and oxygen atoms in total. The Balaban J connectivity index is 2.49. The zero-order valence-corrected chi connectivity index (χ0v) is 13.2. The first-order valence-corrected chi connectivity index (χ1v) is 7.16. The molecule has 0 radical (unpaired) electrons. The van der Waals surface area contributed by atoms with Gasteiger partial charge in [-0.3, -0.25) is 0 Å². The van der Waals surface area contributed by atoms with Crippen LogP contribution in [0.3, 0.4) is 0 Å². The van der Waals surface area contributed by atoms with Crippen LogP contribution in [-0.2, 0) is 0 Å². The molecule has 0 aromatic heterocycles. The van der Waals surface area contributed by atoms with Gasteiger partial charge in [-0.05, 0) is 45.8 Å². The van der Waals surface area contributed by atoms with Crippen LogP contribution < -0.4 is 0 Å². The van der Waals surface area contributed by atoms with Crippen LogP contribution in [0, 0.1) is 17.5 Å². The third kappa shape index (κ3) is 3.15. The Bertz CT molecular complexity index is 632. The standard InChI is InChI=1S/C13H6Br2ClF3/c14-9-3-6(17)1-2-7(9)13(16)8-4-12(19)10(15)5-11(8)18/h1-5,13H. The summed E-state index contributed by atoms with van der Waals surface area (Å²) in [5.74, 6) is -1.69. The first kappa shape index (κ1) is 14.9. The van der Waals surface area contributed by atoms with Gasteiger partial charge in [0.2, 0.25) is 0 Å². The molecule has 6 heteroatoms. The van der Waals surface area contributed by atoms with Crippen LogP contribution in [-0.4, -0.2) is 0 Å². The van der Waals surface area contributed by atoms with Gasteiger partial charge in [-0.25, -0.2) is 13.2 Å². The molecule has 0 saturated heterocycles. The summed E-state index contributed by atoms with van der Waals surface area (Å²) < 4.78 is 40.7. The van der Waals surface area contributed by atoms with E-state index >= 15 is 0 Å². The minimum Gasteiger partial charge on any atom is -0.207 e. The molecule has 1 unspecified atom stereocenters. The van der Waals surface area contributed by atoms with E-state index in [1.54, 1.807) is 0 Å². The monoisotopic (exact) mass is 412 g/mol. The quantitative estimate of drug-likeness (QED) is 0.420. The molecule has 0 fully saturated rings. The lowest BCUT2D eigenvalue weighted by Gasteiger charge is -2.14. The normalized spacial score (nSPS) is 12.5. The lowest BCUT2D eigenvalue weighted by molar-refractivity contribution is 0.582. The van der Waals surface area contributed by atoms with E-state index in [0.29, 0.717) is 10.0 Å². The molecule has 0 saturated carbocycles. The first-order chi connectivity index (χ1) is 8.90. The predicted octanol–water partition coefficient (Wildman–Crippen LogP) is 5.96. The third-order valence-electron chi connectivity index (χ3n) is 2.55. The molecule has 0 spiro atoms. The van der Waals surface area contributed by atoms with Gasteiger partial charge in [0.05, 0.1) is 9.85 Å². The number of rotatable bonds is 2. The van der Waals surface area contributed by atoms with Gasteiger partial charge in [0.25, 0.3) is 0 Å². The SMILES string of the molecule is Fc1ccc(C(Cl)c2cc(F)c(Br)cc2F)c(Br)c1. The van der Waals surface area contributed by atoms with Crippen molar-refractivity contribution in [1.82, 2.24) is 0 Å². The van der Waals surface area contributed by atoms with E-state index < -0.39 is 22.8 Å². The summed E-state index contributed by atoms with van der Waals surface area (Å²) in [7, 11) is 0. The van der Waals surface area contributed by atoms with Gasteiger partial charge >= 0.3 is 0 Å². The summed E-state index contributed by atoms with van der Waals surface area (Å²) in [4.78, 5) is 0. The van der Waals surface area contributed by atoms with E-state index in [0.717, 1.165) is 12.1 Å². The van der Waals surface area contributed by atoms with Crippen molar-refractivity contribution in [2.24, 2.45) is 0 Å². The van der Waals surface area contributed by atoms with Crippen molar-refractivity contribution in [1.29, 1.82) is 0 Å². The maximum atomic E-state index is 13.8. The van der Waals surface area contributed by atoms with Crippen molar-refractivity contribution < 1.29 is 13.2 Å². The van der Waals surface area contributed by atoms with Crippen molar-refractivity contribution in [3.8, 4) is 0 Å². The van der Waals surface area contributed by atoms with E-state index in [9.17, 15) is 13.2 Å². The number of hydrogen-bond donors (Lipinski definition) is 0. The van der Waals surface area contributed by atoms with Crippen LogP contribution >= 0.6 is 43.5 Å². The van der Waals surface area contributed by atoms with Crippen LogP contribution in [0.2, 0.25) is 0 Å². The molecule has 1 atom stereocenters. The molecule has 2 rings (SSSR count). The fourth-order valence-electron chi connectivity index (χ4n) is 1.61. The molecule has 0 bridgehead atoms. The number of halogens is 6. The van der Waals surface area contributed by atoms with Crippen molar-refractivity contribution >= 4 is 43.5 Å². The first-order valence-electron chi connectivity index (χ1n) is 5.13. The van der Waals surface area contributed by atoms with Gasteiger partial charge in [0.1, 0.15) is 17.5 Å². The van der Waals surface area contributed by atoms with Crippen molar-refractivity contribution in [2.75, 3.05) is 0 Å². The van der Waals surface area contributed by atoms with Gasteiger partial charge in [0, 0.05) is 10.0 Å². The average Bonchev–Trinajstić information content (AvgIpc) is 2.33. The summed E-state index contributed by atoms with van der Waals surface area (Å²) in [6.07, 6.45) is 0.